The number of aryl methyl sites for hydroxylation is 2. The molecule has 0 bridgehead atoms. The Kier molecular flexibility index (Phi) is 5.76. The van der Waals surface area contributed by atoms with Crippen LogP contribution in [0.3, 0.4) is 0 Å². The third-order valence-electron chi connectivity index (χ3n) is 1.82. The van der Waals surface area contributed by atoms with E-state index in [-0.39, 0.29) is 6.15 Å². The van der Waals surface area contributed by atoms with E-state index in [0.717, 1.165) is 5.70 Å². The molecular weight excluding hydrogens is 190 g/mol. The first-order chi connectivity index (χ1) is 7.02. The van der Waals surface area contributed by atoms with Gasteiger partial charge in [-0.25, -0.2) is 0 Å². The maximum absolute atomic E-state index is 8.12. The van der Waals surface area contributed by atoms with Crippen molar-refractivity contribution in [3.8, 4) is 0 Å². The van der Waals surface area contributed by atoms with Gasteiger partial charge in [0.05, 0.1) is 0 Å². The van der Waals surface area contributed by atoms with Crippen LogP contribution >= 0.6 is 0 Å². The highest BCUT2D eigenvalue weighted by atomic mass is 16.2. The quantitative estimate of drug-likeness (QED) is 0.807. The average Bonchev–Trinajstić information content (AvgIpc) is 2.12. The van der Waals surface area contributed by atoms with E-state index >= 15 is 0 Å². The van der Waals surface area contributed by atoms with Crippen LogP contribution in [0.25, 0.3) is 0 Å². The van der Waals surface area contributed by atoms with Crippen molar-refractivity contribution in [3.05, 3.63) is 41.6 Å². The molecular formula is C12H15NO2. The van der Waals surface area contributed by atoms with E-state index in [2.05, 4.69) is 43.9 Å². The summed E-state index contributed by atoms with van der Waals surface area (Å²) in [5, 5.41) is 3.25. The van der Waals surface area contributed by atoms with E-state index < -0.39 is 0 Å². The first-order valence-electron chi connectivity index (χ1n) is 4.51. The second-order valence-corrected chi connectivity index (χ2v) is 3.26. The van der Waals surface area contributed by atoms with E-state index in [1.807, 2.05) is 6.92 Å². The lowest BCUT2D eigenvalue weighted by Crippen LogP contribution is -1.98. The van der Waals surface area contributed by atoms with Gasteiger partial charge in [0.25, 0.3) is 0 Å². The standard InChI is InChI=1S/C11H15N.CO2/c1-8(2)12-11-9(3)6-5-7-10(11)4;2-1-3/h5-7,12H,1H2,2-4H3;. The molecule has 0 heterocycles. The molecule has 80 valence electrons. The molecule has 0 aliphatic carbocycles. The van der Waals surface area contributed by atoms with Crippen LogP contribution in [0.5, 0.6) is 0 Å². The molecule has 3 heteroatoms. The van der Waals surface area contributed by atoms with Crippen molar-refractivity contribution < 1.29 is 9.59 Å². The van der Waals surface area contributed by atoms with Gasteiger partial charge in [-0.2, -0.15) is 9.59 Å². The van der Waals surface area contributed by atoms with Gasteiger partial charge in [0.15, 0.2) is 0 Å². The second kappa shape index (κ2) is 6.57. The predicted octanol–water partition coefficient (Wildman–Crippen LogP) is 2.67. The minimum absolute atomic E-state index is 0.250. The molecule has 0 radical (unpaired) electrons. The monoisotopic (exact) mass is 205 g/mol. The molecule has 0 aliphatic heterocycles. The molecule has 0 atom stereocenters. The Bertz CT molecular complexity index is 357. The van der Waals surface area contributed by atoms with Gasteiger partial charge in [-0.15, -0.1) is 0 Å². The molecule has 1 aromatic carbocycles. The van der Waals surface area contributed by atoms with Gasteiger partial charge in [-0.1, -0.05) is 24.8 Å². The summed E-state index contributed by atoms with van der Waals surface area (Å²) in [6, 6.07) is 6.25. The average molecular weight is 205 g/mol. The number of rotatable bonds is 2. The molecule has 0 amide bonds. The lowest BCUT2D eigenvalue weighted by Gasteiger charge is -2.11. The van der Waals surface area contributed by atoms with E-state index in [1.54, 1.807) is 0 Å². The van der Waals surface area contributed by atoms with Gasteiger partial charge in [-0.3, -0.25) is 0 Å². The molecule has 0 aliphatic rings. The van der Waals surface area contributed by atoms with Gasteiger partial charge in [-0.05, 0) is 31.9 Å². The Labute approximate surface area is 89.8 Å². The molecule has 1 aromatic rings. The van der Waals surface area contributed by atoms with Gasteiger partial charge < -0.3 is 5.32 Å². The summed E-state index contributed by atoms with van der Waals surface area (Å²) in [5.41, 5.74) is 4.69. The van der Waals surface area contributed by atoms with E-state index in [0.29, 0.717) is 0 Å². The number of benzene rings is 1. The lowest BCUT2D eigenvalue weighted by molar-refractivity contribution is -0.191. The molecule has 0 saturated carbocycles. The Morgan fingerprint density at radius 2 is 1.67 bits per heavy atom. The predicted molar refractivity (Wildman–Crippen MR) is 59.4 cm³/mol. The molecule has 3 nitrogen and oxygen atoms in total. The molecule has 1 rings (SSSR count). The Morgan fingerprint density at radius 1 is 1.27 bits per heavy atom. The molecule has 0 unspecified atom stereocenters. The summed E-state index contributed by atoms with van der Waals surface area (Å²) in [5.74, 6) is 0. The normalized spacial score (nSPS) is 8.20. The fourth-order valence-corrected chi connectivity index (χ4v) is 1.23. The third-order valence-corrected chi connectivity index (χ3v) is 1.82. The number of carbonyl (C=O) groups excluding carboxylic acids is 2. The van der Waals surface area contributed by atoms with Crippen molar-refractivity contribution in [2.24, 2.45) is 0 Å². The fraction of sp³-hybridized carbons (Fsp3) is 0.250. The van der Waals surface area contributed by atoms with Crippen molar-refractivity contribution in [1.82, 2.24) is 0 Å². The van der Waals surface area contributed by atoms with Gasteiger partial charge in [0.2, 0.25) is 0 Å². The fourth-order valence-electron chi connectivity index (χ4n) is 1.23. The summed E-state index contributed by atoms with van der Waals surface area (Å²) in [7, 11) is 0. The van der Waals surface area contributed by atoms with Crippen molar-refractivity contribution in [1.29, 1.82) is 0 Å². The zero-order valence-electron chi connectivity index (χ0n) is 9.26. The topological polar surface area (TPSA) is 46.2 Å². The molecule has 0 saturated heterocycles. The summed E-state index contributed by atoms with van der Waals surface area (Å²) in [4.78, 5) is 16.2. The molecule has 1 N–H and O–H groups in total. The summed E-state index contributed by atoms with van der Waals surface area (Å²) >= 11 is 0. The molecule has 15 heavy (non-hydrogen) atoms. The number of para-hydroxylation sites is 1. The highest BCUT2D eigenvalue weighted by molar-refractivity contribution is 5.59. The molecule has 0 fully saturated rings. The van der Waals surface area contributed by atoms with E-state index in [9.17, 15) is 0 Å². The first-order valence-corrected chi connectivity index (χ1v) is 4.51. The largest absolute Gasteiger partial charge is 0.373 e. The maximum atomic E-state index is 8.12. The van der Waals surface area contributed by atoms with Crippen LogP contribution in [-0.2, 0) is 9.59 Å². The van der Waals surface area contributed by atoms with Crippen LogP contribution in [-0.4, -0.2) is 6.15 Å². The van der Waals surface area contributed by atoms with Crippen molar-refractivity contribution in [3.63, 3.8) is 0 Å². The van der Waals surface area contributed by atoms with Crippen LogP contribution < -0.4 is 5.32 Å². The minimum atomic E-state index is 0.250. The van der Waals surface area contributed by atoms with Crippen LogP contribution in [0.15, 0.2) is 30.5 Å². The lowest BCUT2D eigenvalue weighted by atomic mass is 10.1. The summed E-state index contributed by atoms with van der Waals surface area (Å²) < 4.78 is 0. The number of hydrogen-bond donors (Lipinski definition) is 1. The van der Waals surface area contributed by atoms with Crippen LogP contribution in [0.1, 0.15) is 18.1 Å². The molecule has 0 spiro atoms. The summed E-state index contributed by atoms with van der Waals surface area (Å²) in [6.45, 7) is 9.98. The first kappa shape index (κ1) is 13.1. The Hall–Kier alpha value is -1.86. The van der Waals surface area contributed by atoms with Gasteiger partial charge in [0.1, 0.15) is 0 Å². The highest BCUT2D eigenvalue weighted by Gasteiger charge is 1.99. The van der Waals surface area contributed by atoms with Crippen molar-refractivity contribution in [2.75, 3.05) is 5.32 Å². The SMILES string of the molecule is C=C(C)Nc1c(C)cccc1C.O=C=O. The van der Waals surface area contributed by atoms with E-state index in [1.165, 1.54) is 16.8 Å². The number of allylic oxidation sites excluding steroid dienone is 1. The van der Waals surface area contributed by atoms with Crippen LogP contribution in [0.4, 0.5) is 5.69 Å². The smallest absolute Gasteiger partial charge is 0.359 e. The Morgan fingerprint density at radius 3 is 2.00 bits per heavy atom. The van der Waals surface area contributed by atoms with Crippen LogP contribution in [0, 0.1) is 13.8 Å². The number of anilines is 1. The zero-order chi connectivity index (χ0) is 11.8. The maximum Gasteiger partial charge on any atom is 0.373 e. The highest BCUT2D eigenvalue weighted by Crippen LogP contribution is 2.20. The van der Waals surface area contributed by atoms with E-state index in [4.69, 9.17) is 9.59 Å². The molecule has 0 aromatic heterocycles. The minimum Gasteiger partial charge on any atom is -0.359 e. The van der Waals surface area contributed by atoms with Gasteiger partial charge >= 0.3 is 6.15 Å². The zero-order valence-corrected chi connectivity index (χ0v) is 9.26. The number of nitrogens with one attached hydrogen (secondary N) is 1. The number of hydrogen-bond acceptors (Lipinski definition) is 3. The second-order valence-electron chi connectivity index (χ2n) is 3.26. The van der Waals surface area contributed by atoms with Crippen molar-refractivity contribution in [2.45, 2.75) is 20.8 Å². The third kappa shape index (κ3) is 4.79. The van der Waals surface area contributed by atoms with Crippen LogP contribution in [0.2, 0.25) is 0 Å². The summed E-state index contributed by atoms with van der Waals surface area (Å²) in [6.07, 6.45) is 0.250. The van der Waals surface area contributed by atoms with Crippen molar-refractivity contribution >= 4 is 11.8 Å². The van der Waals surface area contributed by atoms with Gasteiger partial charge in [0, 0.05) is 11.4 Å². The Balaban J connectivity index is 0.000000583.